The average Bonchev–Trinajstić information content (AvgIpc) is 4.10. The Morgan fingerprint density at radius 2 is 1.35 bits per heavy atom. The molecule has 0 aliphatic carbocycles. The van der Waals surface area contributed by atoms with Crippen LogP contribution in [0.25, 0.3) is 21.5 Å². The molecule has 1 fully saturated rings. The first-order valence-corrected chi connectivity index (χ1v) is 31.1. The molecule has 4 aromatic carbocycles. The number of hydrogen-bond acceptors (Lipinski definition) is 21. The lowest BCUT2D eigenvalue weighted by Gasteiger charge is -2.31. The van der Waals surface area contributed by atoms with E-state index < -0.39 is 98.6 Å². The lowest BCUT2D eigenvalue weighted by atomic mass is 9.75. The van der Waals surface area contributed by atoms with Gasteiger partial charge in [0, 0.05) is 72.1 Å². The molecule has 0 bridgehead atoms. The number of benzene rings is 4. The molecule has 1 saturated heterocycles. The number of rotatable bonds is 22. The van der Waals surface area contributed by atoms with E-state index >= 15 is 0 Å². The van der Waals surface area contributed by atoms with E-state index in [4.69, 9.17) is 14.3 Å². The second-order valence-corrected chi connectivity index (χ2v) is 26.5. The highest BCUT2D eigenvalue weighted by Gasteiger charge is 2.47. The van der Waals surface area contributed by atoms with E-state index in [-0.39, 0.29) is 92.1 Å². The van der Waals surface area contributed by atoms with Crippen molar-refractivity contribution in [2.45, 2.75) is 96.6 Å². The van der Waals surface area contributed by atoms with Gasteiger partial charge in [-0.25, -0.2) is 46.9 Å². The molecule has 0 aromatic heterocycles. The Hall–Kier alpha value is -5.76. The highest BCUT2D eigenvalue weighted by atomic mass is 32.2. The number of hydroxylamine groups is 2. The quantitative estimate of drug-likeness (QED) is 0.0452. The first-order valence-electron chi connectivity index (χ1n) is 23.9. The van der Waals surface area contributed by atoms with Crippen LogP contribution in [0.5, 0.6) is 0 Å². The van der Waals surface area contributed by atoms with E-state index in [1.54, 1.807) is 61.5 Å². The van der Waals surface area contributed by atoms with Crippen LogP contribution in [-0.4, -0.2) is 138 Å². The van der Waals surface area contributed by atoms with E-state index in [0.29, 0.717) is 58.2 Å². The monoisotopic (exact) mass is 1180 g/mol. The van der Waals surface area contributed by atoms with Gasteiger partial charge in [0.2, 0.25) is 5.69 Å². The normalized spacial score (nSPS) is 18.8. The van der Waals surface area contributed by atoms with Crippen molar-refractivity contribution < 1.29 is 93.3 Å². The minimum Gasteiger partial charge on any atom is -0.748 e. The molecule has 3 aliphatic rings. The molecule has 3 aliphatic heterocycles. The highest BCUT2D eigenvalue weighted by Crippen LogP contribution is 2.54. The molecule has 422 valence electrons. The van der Waals surface area contributed by atoms with Gasteiger partial charge in [-0.05, 0) is 111 Å². The average molecular weight is 1180 g/mol. The van der Waals surface area contributed by atoms with Crippen LogP contribution in [0.1, 0.15) is 77.3 Å². The maximum Gasteiger partial charge on any atom is 0.333 e. The van der Waals surface area contributed by atoms with Crippen molar-refractivity contribution >= 4 is 101 Å². The number of allylic oxidation sites excluding steroid dienone is 7. The van der Waals surface area contributed by atoms with Crippen LogP contribution in [0, 0.1) is 0 Å². The van der Waals surface area contributed by atoms with Crippen molar-refractivity contribution in [3.8, 4) is 0 Å². The molecule has 23 nitrogen and oxygen atoms in total. The molecular formula is C50H53N3O20S5-4. The van der Waals surface area contributed by atoms with Crippen molar-refractivity contribution in [3.63, 3.8) is 0 Å². The fourth-order valence-electron chi connectivity index (χ4n) is 10.3. The first kappa shape index (κ1) is 59.9. The lowest BCUT2D eigenvalue weighted by Crippen LogP contribution is -2.31. The van der Waals surface area contributed by atoms with Crippen LogP contribution < -0.4 is 4.90 Å². The van der Waals surface area contributed by atoms with Gasteiger partial charge >= 0.3 is 5.97 Å². The van der Waals surface area contributed by atoms with E-state index in [1.807, 2.05) is 0 Å². The Morgan fingerprint density at radius 3 is 1.88 bits per heavy atom. The summed E-state index contributed by atoms with van der Waals surface area (Å²) in [7, 11) is -24.8. The molecule has 4 aromatic rings. The fraction of sp³-hybridized carbons (Fsp3) is 0.380. The molecule has 78 heavy (non-hydrogen) atoms. The standard InChI is InChI=1S/C50H57N3O20S5/c1-31(11-18-44-50(5,20-8-26-74(56,57)58)48-38-28-34(76(62,63)64)30-42(78(68,69)70)36(38)14-16-40(48)52(44)22-23-72-25-24-71-6)10-17-43-49(3,4)47-37-27-33(75(59,60)61)29-41(77(65,66)67)35(37)13-15-39(47)51(43)21-7-9-46(55)73-53-32(2)12-19-45(53)54/h10-11,13-18,27-30H,2,7-9,12,19-26H2,1,3-6H3,(H4-,56,57,58,59,60,61,62,63,64,65,66,67,68,69,70)/p-4. The van der Waals surface area contributed by atoms with Crippen molar-refractivity contribution in [2.24, 2.45) is 0 Å². The number of fused-ring (bicyclic) bond motifs is 6. The molecule has 0 spiro atoms. The summed E-state index contributed by atoms with van der Waals surface area (Å²) in [5.41, 5.74) is 0.307. The molecule has 0 N–H and O–H groups in total. The van der Waals surface area contributed by atoms with Gasteiger partial charge in [0.05, 0.1) is 67.1 Å². The van der Waals surface area contributed by atoms with Crippen LogP contribution in [0.3, 0.4) is 0 Å². The first-order chi connectivity index (χ1) is 36.1. The second-order valence-electron chi connectivity index (χ2n) is 19.5. The van der Waals surface area contributed by atoms with Crippen LogP contribution >= 0.6 is 0 Å². The number of hydrogen-bond donors (Lipinski definition) is 0. The van der Waals surface area contributed by atoms with Gasteiger partial charge in [0.15, 0.2) is 5.71 Å². The zero-order valence-electron chi connectivity index (χ0n) is 42.7. The van der Waals surface area contributed by atoms with Gasteiger partial charge in [0.25, 0.3) is 5.91 Å². The molecular weight excluding hydrogens is 1120 g/mol. The van der Waals surface area contributed by atoms with Crippen molar-refractivity contribution in [1.82, 2.24) is 5.06 Å². The molecule has 1 unspecified atom stereocenters. The Labute approximate surface area is 451 Å². The zero-order chi connectivity index (χ0) is 57.7. The minimum atomic E-state index is -5.43. The highest BCUT2D eigenvalue weighted by molar-refractivity contribution is 7.87. The Balaban J connectivity index is 1.39. The predicted octanol–water partition coefficient (Wildman–Crippen LogP) is 4.51. The van der Waals surface area contributed by atoms with Gasteiger partial charge < -0.3 is 42.0 Å². The fourth-order valence-corrected chi connectivity index (χ4v) is 13.5. The summed E-state index contributed by atoms with van der Waals surface area (Å²) in [5, 5.41) is 0.275. The van der Waals surface area contributed by atoms with E-state index in [9.17, 15) is 74.4 Å². The molecule has 0 radical (unpaired) electrons. The SMILES string of the molecule is C=C1CCC(=O)N1OC(=O)CCC[N+]1=C(C=CC(C)=CC=C2N(CCOCCOC)c3ccc4c(S(=O)(=O)[O-])cc(S(=O)(=O)[O-])cc4c3C2(C)CCCS(=O)(=O)[O-])C(C)(C)c2c1ccc1c(S(=O)(=O)[O-])cc(S(=O)(=O)[O-])cc21. The van der Waals surface area contributed by atoms with Gasteiger partial charge in [-0.2, -0.15) is 4.58 Å². The summed E-state index contributed by atoms with van der Waals surface area (Å²) >= 11 is 0. The summed E-state index contributed by atoms with van der Waals surface area (Å²) < 4.78 is 199. The van der Waals surface area contributed by atoms with Crippen LogP contribution in [0.15, 0.2) is 116 Å². The topological polar surface area (TPSA) is 357 Å². The number of anilines is 1. The number of methoxy groups -OCH3 is 1. The third-order valence-corrected chi connectivity index (χ3v) is 18.0. The third kappa shape index (κ3) is 12.5. The smallest absolute Gasteiger partial charge is 0.333 e. The number of nitrogens with zero attached hydrogens (tertiary/aromatic N) is 3. The van der Waals surface area contributed by atoms with Gasteiger partial charge in [-0.3, -0.25) is 4.79 Å². The number of ether oxygens (including phenoxy) is 2. The maximum atomic E-state index is 13.1. The summed E-state index contributed by atoms with van der Waals surface area (Å²) in [6, 6.07) is 8.49. The van der Waals surface area contributed by atoms with E-state index in [1.165, 1.54) is 31.4 Å². The Bertz CT molecular complexity index is 3890. The molecule has 28 heteroatoms. The predicted molar refractivity (Wildman–Crippen MR) is 275 cm³/mol. The van der Waals surface area contributed by atoms with E-state index in [0.717, 1.165) is 17.2 Å². The molecule has 3 heterocycles. The Morgan fingerprint density at radius 1 is 0.756 bits per heavy atom. The molecule has 1 amide bonds. The molecule has 7 rings (SSSR count). The zero-order valence-corrected chi connectivity index (χ0v) is 46.8. The number of amides is 1. The molecule has 1 atom stereocenters. The summed E-state index contributed by atoms with van der Waals surface area (Å²) in [5.74, 6) is -2.04. The van der Waals surface area contributed by atoms with E-state index in [2.05, 4.69) is 6.58 Å². The maximum absolute atomic E-state index is 13.1. The summed E-state index contributed by atoms with van der Waals surface area (Å²) in [4.78, 5) is 28.5. The van der Waals surface area contributed by atoms with Crippen LogP contribution in [-0.2, 0) is 85.3 Å². The minimum absolute atomic E-state index is 0.0350. The van der Waals surface area contributed by atoms with Gasteiger partial charge in [-0.15, -0.1) is 5.06 Å². The number of carbonyl (C=O) groups is 2. The molecule has 0 saturated carbocycles. The van der Waals surface area contributed by atoms with Crippen molar-refractivity contribution in [2.75, 3.05) is 50.7 Å². The largest absolute Gasteiger partial charge is 0.748 e. The van der Waals surface area contributed by atoms with Crippen molar-refractivity contribution in [3.05, 3.63) is 108 Å². The summed E-state index contributed by atoms with van der Waals surface area (Å²) in [6.45, 7) is 11.1. The number of carbonyl (C=O) groups excluding carboxylic acids is 2. The van der Waals surface area contributed by atoms with Crippen LogP contribution in [0.4, 0.5) is 11.4 Å². The van der Waals surface area contributed by atoms with Gasteiger partial charge in [-0.1, -0.05) is 30.4 Å². The third-order valence-electron chi connectivity index (χ3n) is 13.8. The second kappa shape index (κ2) is 22.1. The lowest BCUT2D eigenvalue weighted by molar-refractivity contribution is -0.438. The van der Waals surface area contributed by atoms with Gasteiger partial charge in [0.1, 0.15) is 47.0 Å². The summed E-state index contributed by atoms with van der Waals surface area (Å²) in [6.07, 6.45) is 6.53. The van der Waals surface area contributed by atoms with Crippen LogP contribution in [0.2, 0.25) is 0 Å². The van der Waals surface area contributed by atoms with Crippen molar-refractivity contribution in [1.29, 1.82) is 0 Å². The Kier molecular flexibility index (Phi) is 16.9.